The van der Waals surface area contributed by atoms with E-state index in [-0.39, 0.29) is 23.5 Å². The molecule has 1 rings (SSSR count). The predicted molar refractivity (Wildman–Crippen MR) is 69.7 cm³/mol. The molecule has 0 aromatic rings. The van der Waals surface area contributed by atoms with Crippen molar-refractivity contribution in [2.45, 2.75) is 71.4 Å². The summed E-state index contributed by atoms with van der Waals surface area (Å²) in [5.74, 6) is 0.172. The van der Waals surface area contributed by atoms with Crippen LogP contribution in [0.2, 0.25) is 0 Å². The summed E-state index contributed by atoms with van der Waals surface area (Å²) in [6, 6.07) is 0.0382. The summed E-state index contributed by atoms with van der Waals surface area (Å²) in [5, 5.41) is 9.92. The fraction of sp³-hybridized carbons (Fsp3) is 0.929. The van der Waals surface area contributed by atoms with Crippen molar-refractivity contribution < 1.29 is 9.90 Å². The summed E-state index contributed by atoms with van der Waals surface area (Å²) in [6.07, 6.45) is 5.15. The normalized spacial score (nSPS) is 25.7. The monoisotopic (exact) mass is 241 g/mol. The Morgan fingerprint density at radius 1 is 1.29 bits per heavy atom. The lowest BCUT2D eigenvalue weighted by Crippen LogP contribution is -2.46. The van der Waals surface area contributed by atoms with Crippen molar-refractivity contribution in [1.82, 2.24) is 4.90 Å². The highest BCUT2D eigenvalue weighted by Gasteiger charge is 2.29. The van der Waals surface area contributed by atoms with E-state index in [0.29, 0.717) is 6.42 Å². The average Bonchev–Trinajstić information content (AvgIpc) is 2.24. The van der Waals surface area contributed by atoms with E-state index < -0.39 is 0 Å². The lowest BCUT2D eigenvalue weighted by Gasteiger charge is -2.35. The Labute approximate surface area is 105 Å². The van der Waals surface area contributed by atoms with E-state index in [0.717, 1.165) is 32.1 Å². The average molecular weight is 241 g/mol. The van der Waals surface area contributed by atoms with Crippen molar-refractivity contribution in [1.29, 1.82) is 0 Å². The summed E-state index contributed by atoms with van der Waals surface area (Å²) < 4.78 is 0. The molecular weight excluding hydrogens is 214 g/mol. The summed E-state index contributed by atoms with van der Waals surface area (Å²) in [5.41, 5.74) is 0.196. The van der Waals surface area contributed by atoms with Crippen LogP contribution in [0.4, 0.5) is 0 Å². The summed E-state index contributed by atoms with van der Waals surface area (Å²) in [4.78, 5) is 13.8. The van der Waals surface area contributed by atoms with Crippen LogP contribution in [0.3, 0.4) is 0 Å². The third-order valence-corrected chi connectivity index (χ3v) is 3.67. The first-order chi connectivity index (χ1) is 7.81. The van der Waals surface area contributed by atoms with Gasteiger partial charge in [-0.15, -0.1) is 0 Å². The number of carbonyl (C=O) groups excluding carboxylic acids is 1. The number of hydrogen-bond donors (Lipinski definition) is 1. The molecule has 0 aliphatic heterocycles. The van der Waals surface area contributed by atoms with Crippen molar-refractivity contribution in [3.8, 4) is 0 Å². The van der Waals surface area contributed by atoms with Gasteiger partial charge in [0.05, 0.1) is 12.1 Å². The van der Waals surface area contributed by atoms with Crippen LogP contribution in [0, 0.1) is 5.41 Å². The van der Waals surface area contributed by atoms with Gasteiger partial charge >= 0.3 is 0 Å². The van der Waals surface area contributed by atoms with Crippen LogP contribution in [-0.2, 0) is 4.79 Å². The fourth-order valence-electron chi connectivity index (χ4n) is 2.39. The van der Waals surface area contributed by atoms with E-state index in [1.165, 1.54) is 0 Å². The maximum Gasteiger partial charge on any atom is 0.222 e. The minimum Gasteiger partial charge on any atom is -0.391 e. The van der Waals surface area contributed by atoms with Gasteiger partial charge in [-0.05, 0) is 24.7 Å². The van der Waals surface area contributed by atoms with Crippen LogP contribution in [0.15, 0.2) is 0 Å². The maximum absolute atomic E-state index is 12.0. The topological polar surface area (TPSA) is 40.5 Å². The van der Waals surface area contributed by atoms with Gasteiger partial charge in [0.15, 0.2) is 0 Å². The molecule has 1 N–H and O–H groups in total. The highest BCUT2D eigenvalue weighted by atomic mass is 16.3. The van der Waals surface area contributed by atoms with Crippen molar-refractivity contribution in [2.75, 3.05) is 7.05 Å². The molecule has 0 aromatic heterocycles. The van der Waals surface area contributed by atoms with Crippen molar-refractivity contribution in [3.05, 3.63) is 0 Å². The molecule has 17 heavy (non-hydrogen) atoms. The second-order valence-electron chi connectivity index (χ2n) is 6.48. The molecule has 0 bridgehead atoms. The number of likely N-dealkylation sites (N-methyl/N-ethyl adjacent to an activating group) is 1. The lowest BCUT2D eigenvalue weighted by atomic mass is 9.89. The van der Waals surface area contributed by atoms with Gasteiger partial charge in [0.1, 0.15) is 0 Å². The summed E-state index contributed by atoms with van der Waals surface area (Å²) in [7, 11) is 1.84. The van der Waals surface area contributed by atoms with Crippen LogP contribution in [0.5, 0.6) is 0 Å². The summed E-state index contributed by atoms with van der Waals surface area (Å²) >= 11 is 0. The number of carbonyl (C=O) groups is 1. The number of aliphatic hydroxyl groups excluding tert-OH is 1. The van der Waals surface area contributed by atoms with Crippen molar-refractivity contribution in [3.63, 3.8) is 0 Å². The minimum atomic E-state index is -0.327. The molecule has 3 heteroatoms. The van der Waals surface area contributed by atoms with E-state index in [1.54, 1.807) is 4.90 Å². The second-order valence-corrected chi connectivity index (χ2v) is 6.48. The molecule has 1 amide bonds. The Morgan fingerprint density at radius 2 is 1.88 bits per heavy atom. The Hall–Kier alpha value is -0.570. The Balaban J connectivity index is 2.45. The first-order valence-electron chi connectivity index (χ1n) is 6.75. The zero-order valence-electron chi connectivity index (χ0n) is 11.7. The molecular formula is C14H27NO2. The number of hydrogen-bond acceptors (Lipinski definition) is 2. The van der Waals surface area contributed by atoms with E-state index in [9.17, 15) is 9.90 Å². The largest absolute Gasteiger partial charge is 0.391 e. The van der Waals surface area contributed by atoms with Crippen LogP contribution >= 0.6 is 0 Å². The van der Waals surface area contributed by atoms with E-state index >= 15 is 0 Å². The number of rotatable bonds is 3. The molecule has 0 spiro atoms. The highest BCUT2D eigenvalue weighted by molar-refractivity contribution is 5.76. The smallest absolute Gasteiger partial charge is 0.222 e. The standard InChI is InChI=1S/C14H27NO2/c1-14(2,3)10-9-13(17)15(4)11-7-5-6-8-12(11)16/h11-12,16H,5-10H2,1-4H3. The molecule has 0 aromatic carbocycles. The molecule has 0 radical (unpaired) electrons. The fourth-order valence-corrected chi connectivity index (χ4v) is 2.39. The van der Waals surface area contributed by atoms with Gasteiger partial charge in [0.2, 0.25) is 5.91 Å². The highest BCUT2D eigenvalue weighted by Crippen LogP contribution is 2.25. The van der Waals surface area contributed by atoms with Crippen molar-refractivity contribution >= 4 is 5.91 Å². The molecule has 1 aliphatic rings. The Kier molecular flexibility index (Phi) is 4.99. The number of aliphatic hydroxyl groups is 1. The van der Waals surface area contributed by atoms with Crippen LogP contribution in [0.1, 0.15) is 59.3 Å². The third kappa shape index (κ3) is 4.66. The summed E-state index contributed by atoms with van der Waals surface area (Å²) in [6.45, 7) is 6.45. The van der Waals surface area contributed by atoms with Crippen LogP contribution in [-0.4, -0.2) is 35.1 Å². The SMILES string of the molecule is CN(C(=O)CCC(C)(C)C)C1CCCCC1O. The van der Waals surface area contributed by atoms with Crippen LogP contribution in [0.25, 0.3) is 0 Å². The van der Waals surface area contributed by atoms with E-state index in [4.69, 9.17) is 0 Å². The lowest BCUT2D eigenvalue weighted by molar-refractivity contribution is -0.135. The van der Waals surface area contributed by atoms with Gasteiger partial charge in [-0.25, -0.2) is 0 Å². The molecule has 2 unspecified atom stereocenters. The van der Waals surface area contributed by atoms with Gasteiger partial charge in [-0.3, -0.25) is 4.79 Å². The molecule has 3 nitrogen and oxygen atoms in total. The molecule has 1 fully saturated rings. The number of amides is 1. The Morgan fingerprint density at radius 3 is 2.41 bits per heavy atom. The van der Waals surface area contributed by atoms with Gasteiger partial charge in [-0.2, -0.15) is 0 Å². The number of nitrogens with zero attached hydrogens (tertiary/aromatic N) is 1. The van der Waals surface area contributed by atoms with Gasteiger partial charge < -0.3 is 10.0 Å². The molecule has 2 atom stereocenters. The molecule has 1 aliphatic carbocycles. The first kappa shape index (κ1) is 14.5. The maximum atomic E-state index is 12.0. The molecule has 1 saturated carbocycles. The predicted octanol–water partition coefficient (Wildman–Crippen LogP) is 2.57. The van der Waals surface area contributed by atoms with Gasteiger partial charge in [0.25, 0.3) is 0 Å². The van der Waals surface area contributed by atoms with E-state index in [1.807, 2.05) is 7.05 Å². The van der Waals surface area contributed by atoms with E-state index in [2.05, 4.69) is 20.8 Å². The minimum absolute atomic E-state index is 0.0382. The second kappa shape index (κ2) is 5.85. The van der Waals surface area contributed by atoms with Crippen LogP contribution < -0.4 is 0 Å². The molecule has 0 heterocycles. The van der Waals surface area contributed by atoms with Crippen molar-refractivity contribution in [2.24, 2.45) is 5.41 Å². The Bertz CT molecular complexity index is 257. The quantitative estimate of drug-likeness (QED) is 0.825. The molecule has 100 valence electrons. The molecule has 0 saturated heterocycles. The van der Waals surface area contributed by atoms with Gasteiger partial charge in [0, 0.05) is 13.5 Å². The van der Waals surface area contributed by atoms with Gasteiger partial charge in [-0.1, -0.05) is 33.6 Å². The zero-order valence-corrected chi connectivity index (χ0v) is 11.7. The third-order valence-electron chi connectivity index (χ3n) is 3.67. The zero-order chi connectivity index (χ0) is 13.1. The first-order valence-corrected chi connectivity index (χ1v) is 6.75.